The van der Waals surface area contributed by atoms with E-state index in [1.54, 1.807) is 7.11 Å². The van der Waals surface area contributed by atoms with E-state index in [0.717, 1.165) is 25.1 Å². The van der Waals surface area contributed by atoms with E-state index in [1.165, 1.54) is 11.1 Å². The Hall–Kier alpha value is -1.06. The van der Waals surface area contributed by atoms with Gasteiger partial charge in [0.1, 0.15) is 5.75 Å². The summed E-state index contributed by atoms with van der Waals surface area (Å²) >= 11 is 0. The minimum Gasteiger partial charge on any atom is -0.497 e. The molecule has 16 heavy (non-hydrogen) atoms. The Labute approximate surface area is 96.6 Å². The number of ether oxygens (including phenoxy) is 1. The van der Waals surface area contributed by atoms with Crippen LogP contribution < -0.4 is 4.74 Å². The number of benzene rings is 1. The van der Waals surface area contributed by atoms with Gasteiger partial charge in [0.05, 0.1) is 7.11 Å². The molecule has 3 nitrogen and oxygen atoms in total. The fourth-order valence-corrected chi connectivity index (χ4v) is 2.44. The Morgan fingerprint density at radius 3 is 3.00 bits per heavy atom. The molecule has 1 aromatic rings. The van der Waals surface area contributed by atoms with Crippen molar-refractivity contribution in [2.45, 2.75) is 18.9 Å². The van der Waals surface area contributed by atoms with E-state index in [1.807, 2.05) is 6.07 Å². The molecule has 0 saturated heterocycles. The van der Waals surface area contributed by atoms with Crippen molar-refractivity contribution < 1.29 is 9.84 Å². The number of methoxy groups -OCH3 is 1. The number of fused-ring (bicyclic) bond motifs is 1. The summed E-state index contributed by atoms with van der Waals surface area (Å²) in [4.78, 5) is 2.31. The molecule has 1 N–H and O–H groups in total. The lowest BCUT2D eigenvalue weighted by atomic mass is 9.91. The molecule has 0 fully saturated rings. The molecule has 0 saturated carbocycles. The quantitative estimate of drug-likeness (QED) is 0.841. The number of hydrogen-bond acceptors (Lipinski definition) is 3. The minimum atomic E-state index is 0.237. The lowest BCUT2D eigenvalue weighted by molar-refractivity contribution is 0.176. The second-order valence-corrected chi connectivity index (χ2v) is 4.32. The first-order valence-electron chi connectivity index (χ1n) is 5.74. The fourth-order valence-electron chi connectivity index (χ4n) is 2.44. The maximum atomic E-state index is 9.11. The van der Waals surface area contributed by atoms with Crippen LogP contribution >= 0.6 is 0 Å². The van der Waals surface area contributed by atoms with Crippen molar-refractivity contribution in [2.75, 3.05) is 27.3 Å². The summed E-state index contributed by atoms with van der Waals surface area (Å²) in [6.07, 6.45) is 1.86. The molecule has 1 unspecified atom stereocenters. The van der Waals surface area contributed by atoms with Crippen molar-refractivity contribution in [2.24, 2.45) is 0 Å². The van der Waals surface area contributed by atoms with Crippen LogP contribution in [0.3, 0.4) is 0 Å². The maximum absolute atomic E-state index is 9.11. The van der Waals surface area contributed by atoms with Gasteiger partial charge in [0.25, 0.3) is 0 Å². The van der Waals surface area contributed by atoms with Gasteiger partial charge in [0, 0.05) is 19.2 Å². The van der Waals surface area contributed by atoms with Gasteiger partial charge < -0.3 is 9.84 Å². The summed E-state index contributed by atoms with van der Waals surface area (Å²) < 4.78 is 5.24. The molecular formula is C13H19NO2. The second-order valence-electron chi connectivity index (χ2n) is 4.32. The number of likely N-dealkylation sites (N-methyl/N-ethyl adjacent to an activating group) is 1. The molecule has 0 aliphatic carbocycles. The third kappa shape index (κ3) is 2.06. The van der Waals surface area contributed by atoms with Crippen LogP contribution in [0.25, 0.3) is 0 Å². The highest BCUT2D eigenvalue weighted by atomic mass is 16.5. The van der Waals surface area contributed by atoms with Crippen LogP contribution in [-0.4, -0.2) is 37.3 Å². The van der Waals surface area contributed by atoms with Crippen LogP contribution in [0.5, 0.6) is 5.75 Å². The summed E-state index contributed by atoms with van der Waals surface area (Å²) in [6.45, 7) is 1.28. The van der Waals surface area contributed by atoms with E-state index in [-0.39, 0.29) is 6.61 Å². The van der Waals surface area contributed by atoms with E-state index in [0.29, 0.717) is 6.04 Å². The molecule has 88 valence electrons. The molecule has 0 amide bonds. The Bertz CT molecular complexity index is 365. The van der Waals surface area contributed by atoms with Crippen molar-refractivity contribution in [1.82, 2.24) is 4.90 Å². The summed E-state index contributed by atoms with van der Waals surface area (Å²) in [6, 6.07) is 6.60. The van der Waals surface area contributed by atoms with Crippen LogP contribution in [0.1, 0.15) is 23.6 Å². The zero-order valence-electron chi connectivity index (χ0n) is 9.94. The summed E-state index contributed by atoms with van der Waals surface area (Å²) in [5, 5.41) is 9.11. The summed E-state index contributed by atoms with van der Waals surface area (Å²) in [7, 11) is 3.81. The Balaban J connectivity index is 2.32. The van der Waals surface area contributed by atoms with Crippen LogP contribution in [-0.2, 0) is 6.42 Å². The average molecular weight is 221 g/mol. The topological polar surface area (TPSA) is 32.7 Å². The molecule has 1 aliphatic rings. The van der Waals surface area contributed by atoms with E-state index in [9.17, 15) is 0 Å². The van der Waals surface area contributed by atoms with Crippen LogP contribution in [0.2, 0.25) is 0 Å². The standard InChI is InChI=1S/C13H19NO2/c1-14-7-5-10-9-11(16-2)3-4-12(10)13(14)6-8-15/h3-4,9,13,15H,5-8H2,1-2H3. The molecule has 1 atom stereocenters. The van der Waals surface area contributed by atoms with Crippen molar-refractivity contribution in [3.63, 3.8) is 0 Å². The highest BCUT2D eigenvalue weighted by molar-refractivity contribution is 5.39. The fraction of sp³-hybridized carbons (Fsp3) is 0.538. The second kappa shape index (κ2) is 4.85. The maximum Gasteiger partial charge on any atom is 0.119 e. The highest BCUT2D eigenvalue weighted by Gasteiger charge is 2.24. The number of hydrogen-bond donors (Lipinski definition) is 1. The van der Waals surface area contributed by atoms with Crippen molar-refractivity contribution >= 4 is 0 Å². The molecular weight excluding hydrogens is 202 g/mol. The third-order valence-electron chi connectivity index (χ3n) is 3.38. The summed E-state index contributed by atoms with van der Waals surface area (Å²) in [5.74, 6) is 0.922. The van der Waals surface area contributed by atoms with Crippen molar-refractivity contribution in [1.29, 1.82) is 0 Å². The zero-order chi connectivity index (χ0) is 11.5. The van der Waals surface area contributed by atoms with Crippen LogP contribution in [0.4, 0.5) is 0 Å². The Morgan fingerprint density at radius 2 is 2.31 bits per heavy atom. The highest BCUT2D eigenvalue weighted by Crippen LogP contribution is 2.32. The largest absolute Gasteiger partial charge is 0.497 e. The van der Waals surface area contributed by atoms with Gasteiger partial charge in [-0.05, 0) is 43.1 Å². The molecule has 1 aromatic carbocycles. The number of aliphatic hydroxyl groups excluding tert-OH is 1. The lowest BCUT2D eigenvalue weighted by Gasteiger charge is -2.34. The first-order valence-corrected chi connectivity index (χ1v) is 5.74. The third-order valence-corrected chi connectivity index (χ3v) is 3.38. The average Bonchev–Trinajstić information content (AvgIpc) is 2.32. The van der Waals surface area contributed by atoms with Gasteiger partial charge in [-0.1, -0.05) is 6.07 Å². The first kappa shape index (κ1) is 11.4. The molecule has 1 aliphatic heterocycles. The van der Waals surface area contributed by atoms with E-state index < -0.39 is 0 Å². The van der Waals surface area contributed by atoms with Gasteiger partial charge in [-0.15, -0.1) is 0 Å². The Morgan fingerprint density at radius 1 is 1.50 bits per heavy atom. The smallest absolute Gasteiger partial charge is 0.119 e. The van der Waals surface area contributed by atoms with Gasteiger partial charge in [0.2, 0.25) is 0 Å². The predicted octanol–water partition coefficient (Wildman–Crippen LogP) is 1.61. The molecule has 0 aromatic heterocycles. The van der Waals surface area contributed by atoms with Crippen LogP contribution in [0.15, 0.2) is 18.2 Å². The predicted molar refractivity (Wildman–Crippen MR) is 63.8 cm³/mol. The molecule has 1 heterocycles. The van der Waals surface area contributed by atoms with E-state index in [2.05, 4.69) is 24.1 Å². The SMILES string of the molecule is COc1ccc2c(c1)CCN(C)C2CCO. The molecule has 2 rings (SSSR count). The number of rotatable bonds is 3. The molecule has 0 radical (unpaired) electrons. The van der Waals surface area contributed by atoms with Gasteiger partial charge in [-0.2, -0.15) is 0 Å². The zero-order valence-corrected chi connectivity index (χ0v) is 9.94. The molecule has 3 heteroatoms. The lowest BCUT2D eigenvalue weighted by Crippen LogP contribution is -2.32. The first-order chi connectivity index (χ1) is 7.76. The number of aliphatic hydroxyl groups is 1. The molecule has 0 bridgehead atoms. The van der Waals surface area contributed by atoms with E-state index >= 15 is 0 Å². The normalized spacial score (nSPS) is 20.6. The minimum absolute atomic E-state index is 0.237. The van der Waals surface area contributed by atoms with Crippen molar-refractivity contribution in [3.8, 4) is 5.75 Å². The van der Waals surface area contributed by atoms with E-state index in [4.69, 9.17) is 9.84 Å². The summed E-state index contributed by atoms with van der Waals surface area (Å²) in [5.41, 5.74) is 2.69. The van der Waals surface area contributed by atoms with Gasteiger partial charge >= 0.3 is 0 Å². The van der Waals surface area contributed by atoms with Crippen molar-refractivity contribution in [3.05, 3.63) is 29.3 Å². The van der Waals surface area contributed by atoms with Crippen LogP contribution in [0, 0.1) is 0 Å². The van der Waals surface area contributed by atoms with Gasteiger partial charge in [-0.3, -0.25) is 4.90 Å². The number of nitrogens with zero attached hydrogens (tertiary/aromatic N) is 1. The Kier molecular flexibility index (Phi) is 3.46. The molecule has 0 spiro atoms. The van der Waals surface area contributed by atoms with Gasteiger partial charge in [-0.25, -0.2) is 0 Å². The monoisotopic (exact) mass is 221 g/mol. The van der Waals surface area contributed by atoms with Gasteiger partial charge in [0.15, 0.2) is 0 Å².